The number of nitrogens with one attached hydrogen (secondary N) is 2. The number of ether oxygens (including phenoxy) is 1. The fourth-order valence-electron chi connectivity index (χ4n) is 3.04. The van der Waals surface area contributed by atoms with E-state index in [-0.39, 0.29) is 24.9 Å². The summed E-state index contributed by atoms with van der Waals surface area (Å²) in [6, 6.07) is 16.3. The van der Waals surface area contributed by atoms with Gasteiger partial charge in [0.1, 0.15) is 5.75 Å². The van der Waals surface area contributed by atoms with E-state index in [4.69, 9.17) is 4.74 Å². The van der Waals surface area contributed by atoms with Gasteiger partial charge in [-0.2, -0.15) is 5.10 Å². The second kappa shape index (κ2) is 10.4. The summed E-state index contributed by atoms with van der Waals surface area (Å²) in [6.07, 6.45) is 0.679. The Morgan fingerprint density at radius 1 is 1.00 bits per heavy atom. The topological polar surface area (TPSA) is 100 Å². The number of hydrogen-bond donors (Lipinski definition) is 2. The number of nitrogens with zero attached hydrogens (tertiary/aromatic N) is 2. The van der Waals surface area contributed by atoms with Gasteiger partial charge >= 0.3 is 0 Å². The molecule has 0 bridgehead atoms. The fourth-order valence-corrected chi connectivity index (χ4v) is 3.04. The summed E-state index contributed by atoms with van der Waals surface area (Å²) in [5.41, 5.74) is 6.91. The zero-order valence-corrected chi connectivity index (χ0v) is 17.6. The number of hydrogen-bond acceptors (Lipinski definition) is 5. The van der Waals surface area contributed by atoms with Crippen LogP contribution in [-0.4, -0.2) is 41.1 Å². The zero-order valence-electron chi connectivity index (χ0n) is 17.6. The van der Waals surface area contributed by atoms with Crippen LogP contribution in [0.25, 0.3) is 0 Å². The number of carbonyl (C=O) groups is 3. The first-order chi connectivity index (χ1) is 14.9. The highest BCUT2D eigenvalue weighted by atomic mass is 16.5. The van der Waals surface area contributed by atoms with Crippen LogP contribution >= 0.6 is 0 Å². The lowest BCUT2D eigenvalue weighted by Gasteiger charge is -2.12. The van der Waals surface area contributed by atoms with Gasteiger partial charge in [-0.3, -0.25) is 25.2 Å². The van der Waals surface area contributed by atoms with E-state index in [0.29, 0.717) is 24.3 Å². The normalized spacial score (nSPS) is 13.0. The van der Waals surface area contributed by atoms with E-state index in [9.17, 15) is 14.4 Å². The van der Waals surface area contributed by atoms with Gasteiger partial charge in [-0.25, -0.2) is 5.01 Å². The fraction of sp³-hybridized carbons (Fsp3) is 0.304. The van der Waals surface area contributed by atoms with Crippen LogP contribution in [0.2, 0.25) is 0 Å². The maximum absolute atomic E-state index is 12.3. The van der Waals surface area contributed by atoms with Gasteiger partial charge in [-0.15, -0.1) is 0 Å². The first-order valence-corrected chi connectivity index (χ1v) is 10.2. The van der Waals surface area contributed by atoms with E-state index in [1.807, 2.05) is 44.2 Å². The Morgan fingerprint density at radius 2 is 1.71 bits per heavy atom. The molecule has 0 saturated carbocycles. The SMILES string of the molecule is CC(C)Oc1ccc(C(=O)NNC(=O)CCC(=O)N2CCC(c3ccccc3)=N2)cc1. The second-order valence-corrected chi connectivity index (χ2v) is 7.37. The third-order valence-corrected chi connectivity index (χ3v) is 4.57. The van der Waals surface area contributed by atoms with Crippen LogP contribution in [0.15, 0.2) is 59.7 Å². The summed E-state index contributed by atoms with van der Waals surface area (Å²) < 4.78 is 5.53. The monoisotopic (exact) mass is 422 g/mol. The molecule has 1 aliphatic rings. The lowest BCUT2D eigenvalue weighted by Crippen LogP contribution is -2.42. The zero-order chi connectivity index (χ0) is 22.2. The minimum absolute atomic E-state index is 0.00844. The lowest BCUT2D eigenvalue weighted by molar-refractivity contribution is -0.133. The molecule has 8 nitrogen and oxygen atoms in total. The molecule has 0 saturated heterocycles. The summed E-state index contributed by atoms with van der Waals surface area (Å²) in [7, 11) is 0. The van der Waals surface area contributed by atoms with Crippen LogP contribution in [0.1, 0.15) is 49.0 Å². The molecule has 3 amide bonds. The summed E-state index contributed by atoms with van der Waals surface area (Å²) in [6.45, 7) is 4.33. The third-order valence-electron chi connectivity index (χ3n) is 4.57. The van der Waals surface area contributed by atoms with Gasteiger partial charge < -0.3 is 4.74 Å². The molecule has 8 heteroatoms. The molecule has 1 heterocycles. The lowest BCUT2D eigenvalue weighted by atomic mass is 10.1. The van der Waals surface area contributed by atoms with E-state index >= 15 is 0 Å². The standard InChI is InChI=1S/C23H26N4O4/c1-16(2)31-19-10-8-18(9-11-19)23(30)25-24-21(28)12-13-22(29)27-15-14-20(26-27)17-6-4-3-5-7-17/h3-11,16H,12-15H2,1-2H3,(H,24,28)(H,25,30). The molecule has 2 aromatic rings. The Morgan fingerprint density at radius 3 is 2.39 bits per heavy atom. The average Bonchev–Trinajstić information content (AvgIpc) is 3.27. The highest BCUT2D eigenvalue weighted by molar-refractivity contribution is 6.02. The molecule has 162 valence electrons. The van der Waals surface area contributed by atoms with Gasteiger partial charge in [0.15, 0.2) is 0 Å². The van der Waals surface area contributed by atoms with Gasteiger partial charge in [-0.1, -0.05) is 30.3 Å². The Labute approximate surface area is 181 Å². The van der Waals surface area contributed by atoms with Crippen molar-refractivity contribution in [3.8, 4) is 5.75 Å². The largest absolute Gasteiger partial charge is 0.491 e. The molecule has 0 radical (unpaired) electrons. The van der Waals surface area contributed by atoms with Crippen LogP contribution < -0.4 is 15.6 Å². The van der Waals surface area contributed by atoms with Gasteiger partial charge in [-0.05, 0) is 43.7 Å². The van der Waals surface area contributed by atoms with E-state index in [1.54, 1.807) is 24.3 Å². The predicted molar refractivity (Wildman–Crippen MR) is 116 cm³/mol. The number of hydrazone groups is 1. The van der Waals surface area contributed by atoms with Crippen LogP contribution in [0, 0.1) is 0 Å². The van der Waals surface area contributed by atoms with Crippen molar-refractivity contribution in [3.05, 3.63) is 65.7 Å². The summed E-state index contributed by atoms with van der Waals surface area (Å²) in [4.78, 5) is 36.5. The number of rotatable bonds is 7. The quantitative estimate of drug-likeness (QED) is 0.670. The average molecular weight is 422 g/mol. The first-order valence-electron chi connectivity index (χ1n) is 10.2. The van der Waals surface area contributed by atoms with Crippen LogP contribution in [0.4, 0.5) is 0 Å². The van der Waals surface area contributed by atoms with Crippen molar-refractivity contribution in [1.82, 2.24) is 15.9 Å². The molecular formula is C23H26N4O4. The number of amides is 3. The van der Waals surface area contributed by atoms with Crippen LogP contribution in [0.5, 0.6) is 5.75 Å². The van der Waals surface area contributed by atoms with E-state index in [1.165, 1.54) is 5.01 Å². The molecule has 0 aromatic heterocycles. The highest BCUT2D eigenvalue weighted by Crippen LogP contribution is 2.15. The molecule has 2 N–H and O–H groups in total. The third kappa shape index (κ3) is 6.40. The highest BCUT2D eigenvalue weighted by Gasteiger charge is 2.22. The Bertz CT molecular complexity index is 955. The van der Waals surface area contributed by atoms with Crippen molar-refractivity contribution in [2.75, 3.05) is 6.54 Å². The van der Waals surface area contributed by atoms with Crippen molar-refractivity contribution < 1.29 is 19.1 Å². The molecule has 0 spiro atoms. The maximum atomic E-state index is 12.3. The minimum Gasteiger partial charge on any atom is -0.491 e. The van der Waals surface area contributed by atoms with Crippen molar-refractivity contribution in [1.29, 1.82) is 0 Å². The van der Waals surface area contributed by atoms with Gasteiger partial charge in [0.2, 0.25) is 11.8 Å². The van der Waals surface area contributed by atoms with Crippen molar-refractivity contribution in [2.45, 2.75) is 39.2 Å². The molecule has 1 aliphatic heterocycles. The Balaban J connectivity index is 1.41. The number of hydrazine groups is 1. The molecule has 0 aliphatic carbocycles. The maximum Gasteiger partial charge on any atom is 0.269 e. The molecule has 2 aromatic carbocycles. The molecule has 0 unspecified atom stereocenters. The predicted octanol–water partition coefficient (Wildman–Crippen LogP) is 2.65. The van der Waals surface area contributed by atoms with Gasteiger partial charge in [0.05, 0.1) is 18.4 Å². The molecule has 3 rings (SSSR count). The summed E-state index contributed by atoms with van der Waals surface area (Å²) in [5, 5.41) is 5.76. The summed E-state index contributed by atoms with van der Waals surface area (Å²) in [5.74, 6) is -0.470. The number of carbonyl (C=O) groups excluding carboxylic acids is 3. The Hall–Kier alpha value is -3.68. The number of benzene rings is 2. The van der Waals surface area contributed by atoms with Gasteiger partial charge in [0.25, 0.3) is 5.91 Å². The smallest absolute Gasteiger partial charge is 0.269 e. The van der Waals surface area contributed by atoms with Crippen LogP contribution in [0.3, 0.4) is 0 Å². The summed E-state index contributed by atoms with van der Waals surface area (Å²) >= 11 is 0. The van der Waals surface area contributed by atoms with Gasteiger partial charge in [0, 0.05) is 24.8 Å². The minimum atomic E-state index is -0.451. The van der Waals surface area contributed by atoms with E-state index in [0.717, 1.165) is 11.3 Å². The molecule has 0 fully saturated rings. The van der Waals surface area contributed by atoms with Crippen molar-refractivity contribution >= 4 is 23.4 Å². The Kier molecular flexibility index (Phi) is 7.37. The van der Waals surface area contributed by atoms with Crippen molar-refractivity contribution in [3.63, 3.8) is 0 Å². The van der Waals surface area contributed by atoms with Crippen LogP contribution in [-0.2, 0) is 9.59 Å². The molecule has 0 atom stereocenters. The molecular weight excluding hydrogens is 396 g/mol. The van der Waals surface area contributed by atoms with E-state index < -0.39 is 11.8 Å². The molecule has 31 heavy (non-hydrogen) atoms. The first kappa shape index (κ1) is 22.0. The van der Waals surface area contributed by atoms with E-state index in [2.05, 4.69) is 16.0 Å². The van der Waals surface area contributed by atoms with Crippen molar-refractivity contribution in [2.24, 2.45) is 5.10 Å². The second-order valence-electron chi connectivity index (χ2n) is 7.37.